The number of aromatic nitrogens is 4. The van der Waals surface area contributed by atoms with E-state index in [1.807, 2.05) is 44.2 Å². The standard InChI is InChI=1S/C23H19ClN6O3/c1-25-16-7-12(24)6-13-18-20(29(2)3)14(8-27-21(18)28-19(13)16)11-4-5-17-26-9-15(23(32)33)22(31)30(17)10-11/h4-10,25H,1-3H3,(H,27,28)(H,32,33). The summed E-state index contributed by atoms with van der Waals surface area (Å²) in [5.74, 6) is -1.32. The minimum atomic E-state index is -1.32. The number of halogens is 1. The number of carboxylic acid groups (broad SMARTS) is 1. The molecule has 3 N–H and O–H groups in total. The van der Waals surface area contributed by atoms with Gasteiger partial charge in [-0.3, -0.25) is 9.20 Å². The van der Waals surface area contributed by atoms with E-state index >= 15 is 0 Å². The number of nitrogens with zero attached hydrogens (tertiary/aromatic N) is 4. The molecule has 0 atom stereocenters. The van der Waals surface area contributed by atoms with Gasteiger partial charge in [-0.05, 0) is 24.3 Å². The van der Waals surface area contributed by atoms with E-state index in [9.17, 15) is 14.7 Å². The second-order valence-electron chi connectivity index (χ2n) is 7.82. The number of anilines is 2. The number of aromatic carboxylic acids is 1. The molecule has 0 aliphatic rings. The summed E-state index contributed by atoms with van der Waals surface area (Å²) in [6.45, 7) is 0. The van der Waals surface area contributed by atoms with Crippen molar-refractivity contribution in [3.63, 3.8) is 0 Å². The number of nitrogens with one attached hydrogen (secondary N) is 2. The molecule has 0 amide bonds. The lowest BCUT2D eigenvalue weighted by molar-refractivity contribution is 0.0694. The molecular formula is C23H19ClN6O3. The number of hydrogen-bond acceptors (Lipinski definition) is 6. The fourth-order valence-electron chi connectivity index (χ4n) is 4.16. The third kappa shape index (κ3) is 3.16. The Labute approximate surface area is 192 Å². The second-order valence-corrected chi connectivity index (χ2v) is 8.25. The fourth-order valence-corrected chi connectivity index (χ4v) is 4.38. The third-order valence-electron chi connectivity index (χ3n) is 5.63. The molecule has 0 radical (unpaired) electrons. The summed E-state index contributed by atoms with van der Waals surface area (Å²) < 4.78 is 1.24. The first kappa shape index (κ1) is 20.8. The molecule has 4 heterocycles. The van der Waals surface area contributed by atoms with Gasteiger partial charge in [0.05, 0.1) is 22.3 Å². The third-order valence-corrected chi connectivity index (χ3v) is 5.85. The van der Waals surface area contributed by atoms with Gasteiger partial charge in [-0.25, -0.2) is 14.8 Å². The number of aromatic amines is 1. The number of hydrogen-bond donors (Lipinski definition) is 3. The predicted octanol–water partition coefficient (Wildman–Crippen LogP) is 3.85. The largest absolute Gasteiger partial charge is 0.477 e. The Hall–Kier alpha value is -4.11. The van der Waals surface area contributed by atoms with Gasteiger partial charge in [0.2, 0.25) is 0 Å². The van der Waals surface area contributed by atoms with Crippen LogP contribution in [0.25, 0.3) is 38.7 Å². The van der Waals surface area contributed by atoms with Crippen molar-refractivity contribution in [2.45, 2.75) is 0 Å². The van der Waals surface area contributed by atoms with Crippen LogP contribution in [0.4, 0.5) is 11.4 Å². The first-order valence-electron chi connectivity index (χ1n) is 10.0. The zero-order valence-corrected chi connectivity index (χ0v) is 18.7. The SMILES string of the molecule is CNc1cc(Cl)cc2c1[nH]c1ncc(-c3ccc4ncc(C(=O)O)c(=O)n4c3)c(N(C)C)c12. The molecule has 4 aromatic heterocycles. The molecule has 0 spiro atoms. The minimum Gasteiger partial charge on any atom is -0.477 e. The number of carbonyl (C=O) groups is 1. The van der Waals surface area contributed by atoms with E-state index in [2.05, 4.69) is 20.3 Å². The van der Waals surface area contributed by atoms with Gasteiger partial charge in [-0.1, -0.05) is 11.6 Å². The lowest BCUT2D eigenvalue weighted by atomic mass is 10.0. The molecule has 9 nitrogen and oxygen atoms in total. The van der Waals surface area contributed by atoms with Crippen molar-refractivity contribution in [3.05, 3.63) is 63.8 Å². The van der Waals surface area contributed by atoms with Crippen LogP contribution < -0.4 is 15.8 Å². The molecule has 0 aliphatic carbocycles. The Morgan fingerprint density at radius 1 is 1.21 bits per heavy atom. The highest BCUT2D eigenvalue weighted by atomic mass is 35.5. The van der Waals surface area contributed by atoms with Gasteiger partial charge in [0, 0.05) is 61.3 Å². The maximum Gasteiger partial charge on any atom is 0.342 e. The summed E-state index contributed by atoms with van der Waals surface area (Å²) in [5, 5.41) is 14.8. The molecule has 0 saturated carbocycles. The maximum atomic E-state index is 12.7. The van der Waals surface area contributed by atoms with E-state index in [1.165, 1.54) is 4.40 Å². The number of pyridine rings is 2. The van der Waals surface area contributed by atoms with Crippen molar-refractivity contribution < 1.29 is 9.90 Å². The van der Waals surface area contributed by atoms with Crippen LogP contribution in [0.5, 0.6) is 0 Å². The molecule has 5 rings (SSSR count). The fraction of sp³-hybridized carbons (Fsp3) is 0.130. The summed E-state index contributed by atoms with van der Waals surface area (Å²) in [4.78, 5) is 38.2. The monoisotopic (exact) mass is 462 g/mol. The van der Waals surface area contributed by atoms with Gasteiger partial charge in [0.15, 0.2) is 0 Å². The summed E-state index contributed by atoms with van der Waals surface area (Å²) in [7, 11) is 5.68. The van der Waals surface area contributed by atoms with Crippen LogP contribution in [-0.4, -0.2) is 51.6 Å². The van der Waals surface area contributed by atoms with E-state index in [0.717, 1.165) is 39.4 Å². The molecule has 0 aliphatic heterocycles. The van der Waals surface area contributed by atoms with Gasteiger partial charge in [0.25, 0.3) is 5.56 Å². The summed E-state index contributed by atoms with van der Waals surface area (Å²) >= 11 is 6.39. The maximum absolute atomic E-state index is 12.7. The molecular weight excluding hydrogens is 444 g/mol. The van der Waals surface area contributed by atoms with Gasteiger partial charge >= 0.3 is 5.97 Å². The molecule has 0 saturated heterocycles. The molecule has 33 heavy (non-hydrogen) atoms. The van der Waals surface area contributed by atoms with E-state index in [4.69, 9.17) is 11.6 Å². The first-order chi connectivity index (χ1) is 15.8. The van der Waals surface area contributed by atoms with E-state index < -0.39 is 17.1 Å². The average molecular weight is 463 g/mol. The van der Waals surface area contributed by atoms with Crippen molar-refractivity contribution in [1.82, 2.24) is 19.4 Å². The number of rotatable bonds is 4. The Kier molecular flexibility index (Phi) is 4.71. The number of fused-ring (bicyclic) bond motifs is 4. The Balaban J connectivity index is 1.86. The van der Waals surface area contributed by atoms with Crippen LogP contribution >= 0.6 is 11.6 Å². The molecule has 0 bridgehead atoms. The van der Waals surface area contributed by atoms with Crippen LogP contribution in [0.3, 0.4) is 0 Å². The van der Waals surface area contributed by atoms with Gasteiger partial charge in [0.1, 0.15) is 16.9 Å². The highest BCUT2D eigenvalue weighted by molar-refractivity contribution is 6.33. The number of benzene rings is 1. The molecule has 0 unspecified atom stereocenters. The van der Waals surface area contributed by atoms with Crippen LogP contribution in [0.15, 0.2) is 47.7 Å². The first-order valence-corrected chi connectivity index (χ1v) is 10.4. The molecule has 1 aromatic carbocycles. The molecule has 10 heteroatoms. The van der Waals surface area contributed by atoms with Crippen LogP contribution in [0, 0.1) is 0 Å². The van der Waals surface area contributed by atoms with Crippen LogP contribution in [0.1, 0.15) is 10.4 Å². The van der Waals surface area contributed by atoms with E-state index in [-0.39, 0.29) is 0 Å². The van der Waals surface area contributed by atoms with Crippen molar-refractivity contribution >= 4 is 56.5 Å². The van der Waals surface area contributed by atoms with Crippen LogP contribution in [-0.2, 0) is 0 Å². The smallest absolute Gasteiger partial charge is 0.342 e. The topological polar surface area (TPSA) is 116 Å². The lowest BCUT2D eigenvalue weighted by Gasteiger charge is -2.19. The zero-order chi connectivity index (χ0) is 23.4. The van der Waals surface area contributed by atoms with Gasteiger partial charge < -0.3 is 20.3 Å². The normalized spacial score (nSPS) is 11.4. The highest BCUT2D eigenvalue weighted by Gasteiger charge is 2.20. The van der Waals surface area contributed by atoms with Crippen molar-refractivity contribution in [1.29, 1.82) is 0 Å². The Morgan fingerprint density at radius 3 is 2.70 bits per heavy atom. The molecule has 166 valence electrons. The van der Waals surface area contributed by atoms with Crippen molar-refractivity contribution in [2.24, 2.45) is 0 Å². The highest BCUT2D eigenvalue weighted by Crippen LogP contribution is 2.41. The Morgan fingerprint density at radius 2 is 2.00 bits per heavy atom. The van der Waals surface area contributed by atoms with E-state index in [0.29, 0.717) is 21.9 Å². The summed E-state index contributed by atoms with van der Waals surface area (Å²) in [6, 6.07) is 7.25. The molecule has 5 aromatic rings. The minimum absolute atomic E-state index is 0.353. The summed E-state index contributed by atoms with van der Waals surface area (Å²) in [5.41, 5.74) is 4.09. The van der Waals surface area contributed by atoms with Crippen molar-refractivity contribution in [2.75, 3.05) is 31.4 Å². The predicted molar refractivity (Wildman–Crippen MR) is 130 cm³/mol. The quantitative estimate of drug-likeness (QED) is 0.371. The van der Waals surface area contributed by atoms with Gasteiger partial charge in [-0.2, -0.15) is 0 Å². The second kappa shape index (κ2) is 7.49. The Bertz CT molecular complexity index is 1650. The number of carboxylic acids is 1. The van der Waals surface area contributed by atoms with Crippen LogP contribution in [0.2, 0.25) is 5.02 Å². The zero-order valence-electron chi connectivity index (χ0n) is 18.0. The lowest BCUT2D eigenvalue weighted by Crippen LogP contribution is -2.22. The van der Waals surface area contributed by atoms with Crippen molar-refractivity contribution in [3.8, 4) is 11.1 Å². The number of H-pyrrole nitrogens is 1. The van der Waals surface area contributed by atoms with E-state index in [1.54, 1.807) is 18.5 Å². The van der Waals surface area contributed by atoms with Gasteiger partial charge in [-0.15, -0.1) is 0 Å². The summed E-state index contributed by atoms with van der Waals surface area (Å²) in [6.07, 6.45) is 4.40. The average Bonchev–Trinajstić information content (AvgIpc) is 3.16. The molecule has 0 fully saturated rings.